The summed E-state index contributed by atoms with van der Waals surface area (Å²) in [6.07, 6.45) is -1.54. The molecular formula is C33H28F8O4. The molecule has 0 N–H and O–H groups in total. The molecular weight excluding hydrogens is 612 g/mol. The molecule has 0 saturated heterocycles. The van der Waals surface area contributed by atoms with Crippen LogP contribution in [0.25, 0.3) is 22.3 Å². The van der Waals surface area contributed by atoms with Crippen molar-refractivity contribution in [3.05, 3.63) is 95.6 Å². The van der Waals surface area contributed by atoms with E-state index in [-0.39, 0.29) is 58.5 Å². The summed E-state index contributed by atoms with van der Waals surface area (Å²) in [5, 5.41) is 0. The van der Waals surface area contributed by atoms with Crippen LogP contribution in [-0.4, -0.2) is 32.4 Å². The summed E-state index contributed by atoms with van der Waals surface area (Å²) in [7, 11) is 0. The normalized spacial score (nSPS) is 11.4. The van der Waals surface area contributed by atoms with Gasteiger partial charge in [-0.15, -0.1) is 0 Å². The minimum Gasteiger partial charge on any atom is -0.493 e. The molecule has 0 amide bonds. The second-order valence-corrected chi connectivity index (χ2v) is 9.68. The fourth-order valence-corrected chi connectivity index (χ4v) is 4.38. The Morgan fingerprint density at radius 2 is 0.867 bits per heavy atom. The first-order valence-corrected chi connectivity index (χ1v) is 13.9. The molecule has 0 atom stereocenters. The number of ether oxygens (including phenoxy) is 4. The lowest BCUT2D eigenvalue weighted by atomic mass is 10.0. The predicted molar refractivity (Wildman–Crippen MR) is 151 cm³/mol. The Morgan fingerprint density at radius 1 is 0.489 bits per heavy atom. The van der Waals surface area contributed by atoms with E-state index < -0.39 is 66.9 Å². The number of hydrogen-bond donors (Lipinski definition) is 0. The van der Waals surface area contributed by atoms with Crippen molar-refractivity contribution in [2.24, 2.45) is 0 Å². The Hall–Kier alpha value is -4.48. The first kappa shape index (κ1) is 33.4. The van der Waals surface area contributed by atoms with E-state index in [9.17, 15) is 35.1 Å². The molecule has 0 spiro atoms. The summed E-state index contributed by atoms with van der Waals surface area (Å²) in [4.78, 5) is 0. The van der Waals surface area contributed by atoms with Crippen LogP contribution < -0.4 is 18.9 Å². The van der Waals surface area contributed by atoms with Gasteiger partial charge in [-0.05, 0) is 62.4 Å². The molecule has 0 aliphatic rings. The summed E-state index contributed by atoms with van der Waals surface area (Å²) in [6, 6.07) is 11.2. The van der Waals surface area contributed by atoms with E-state index in [1.165, 1.54) is 24.3 Å². The molecule has 0 unspecified atom stereocenters. The lowest BCUT2D eigenvalue weighted by Crippen LogP contribution is -2.22. The molecule has 45 heavy (non-hydrogen) atoms. The van der Waals surface area contributed by atoms with Crippen LogP contribution in [0.15, 0.2) is 60.7 Å². The molecule has 240 valence electrons. The summed E-state index contributed by atoms with van der Waals surface area (Å²) in [5.74, 6) is -11.1. The molecule has 4 aromatic carbocycles. The van der Waals surface area contributed by atoms with Crippen LogP contribution in [-0.2, 0) is 0 Å². The number of halogens is 8. The number of benzene rings is 4. The molecule has 4 aromatic rings. The third-order valence-electron chi connectivity index (χ3n) is 6.63. The summed E-state index contributed by atoms with van der Waals surface area (Å²) < 4.78 is 136. The van der Waals surface area contributed by atoms with Crippen molar-refractivity contribution in [2.75, 3.05) is 26.4 Å². The van der Waals surface area contributed by atoms with Gasteiger partial charge in [0.1, 0.15) is 23.1 Å². The Kier molecular flexibility index (Phi) is 10.8. The monoisotopic (exact) mass is 640 g/mol. The van der Waals surface area contributed by atoms with E-state index in [4.69, 9.17) is 18.9 Å². The number of rotatable bonds is 14. The highest BCUT2D eigenvalue weighted by Gasteiger charge is 2.29. The lowest BCUT2D eigenvalue weighted by molar-refractivity contribution is -0.0354. The molecule has 4 rings (SSSR count). The van der Waals surface area contributed by atoms with Crippen molar-refractivity contribution >= 4 is 0 Å². The van der Waals surface area contributed by atoms with Crippen LogP contribution in [0, 0.1) is 34.9 Å². The summed E-state index contributed by atoms with van der Waals surface area (Å²) in [5.41, 5.74) is -1.22. The second kappa shape index (κ2) is 14.5. The van der Waals surface area contributed by atoms with Crippen LogP contribution in [0.5, 0.6) is 23.0 Å². The maximum absolute atomic E-state index is 14.7. The predicted octanol–water partition coefficient (Wildman–Crippen LogP) is 9.53. The van der Waals surface area contributed by atoms with Gasteiger partial charge in [0.2, 0.25) is 11.6 Å². The van der Waals surface area contributed by atoms with Crippen molar-refractivity contribution in [3.63, 3.8) is 0 Å². The average molecular weight is 641 g/mol. The highest BCUT2D eigenvalue weighted by Crippen LogP contribution is 2.35. The number of alkyl halides is 2. The Bertz CT molecular complexity index is 1530. The van der Waals surface area contributed by atoms with Gasteiger partial charge in [0, 0.05) is 47.2 Å². The van der Waals surface area contributed by atoms with Gasteiger partial charge >= 0.3 is 0 Å². The smallest absolute Gasteiger partial charge is 0.254 e. The Balaban J connectivity index is 1.29. The third kappa shape index (κ3) is 7.98. The van der Waals surface area contributed by atoms with Crippen molar-refractivity contribution in [3.8, 4) is 45.3 Å². The van der Waals surface area contributed by atoms with Crippen LogP contribution in [0.4, 0.5) is 35.1 Å². The molecule has 4 nitrogen and oxygen atoms in total. The number of hydrogen-bond acceptors (Lipinski definition) is 4. The molecule has 0 aliphatic heterocycles. The van der Waals surface area contributed by atoms with Crippen molar-refractivity contribution in [2.45, 2.75) is 32.6 Å². The highest BCUT2D eigenvalue weighted by molar-refractivity contribution is 5.68. The summed E-state index contributed by atoms with van der Waals surface area (Å²) in [6.45, 7) is 2.38. The third-order valence-corrected chi connectivity index (χ3v) is 6.63. The zero-order valence-electron chi connectivity index (χ0n) is 24.2. The molecule has 0 heterocycles. The van der Waals surface area contributed by atoms with Crippen LogP contribution >= 0.6 is 0 Å². The molecule has 0 radical (unpaired) electrons. The fourth-order valence-electron chi connectivity index (χ4n) is 4.38. The van der Waals surface area contributed by atoms with Crippen LogP contribution in [0.2, 0.25) is 0 Å². The standard InChI is InChI=1S/C33H28F8O4/c1-3-42-27-11-9-23(29(36)31(27)38)21-7-5-19(17-25(21)34)44-15-13-33(40,41)14-16-45-20-6-8-22(26(35)18-20)24-10-12-28(43-4-2)32(39)30(24)37/h5-12,17-18H,3-4,13-16H2,1-2H3. The minimum absolute atomic E-state index is 0.102. The molecule has 0 saturated carbocycles. The Morgan fingerprint density at radius 3 is 1.22 bits per heavy atom. The van der Waals surface area contributed by atoms with Gasteiger partial charge in [-0.1, -0.05) is 0 Å². The fraction of sp³-hybridized carbons (Fsp3) is 0.273. The molecule has 0 bridgehead atoms. The Labute approximate surface area is 254 Å². The first-order chi connectivity index (χ1) is 21.5. The minimum atomic E-state index is -3.27. The second-order valence-electron chi connectivity index (χ2n) is 9.68. The van der Waals surface area contributed by atoms with Crippen LogP contribution in [0.3, 0.4) is 0 Å². The van der Waals surface area contributed by atoms with Gasteiger partial charge in [-0.25, -0.2) is 26.3 Å². The van der Waals surface area contributed by atoms with Crippen molar-refractivity contribution < 1.29 is 54.1 Å². The van der Waals surface area contributed by atoms with Crippen molar-refractivity contribution in [1.29, 1.82) is 0 Å². The quantitative estimate of drug-likeness (QED) is 0.129. The zero-order valence-corrected chi connectivity index (χ0v) is 24.2. The van der Waals surface area contributed by atoms with E-state index in [1.54, 1.807) is 13.8 Å². The van der Waals surface area contributed by atoms with Crippen molar-refractivity contribution in [1.82, 2.24) is 0 Å². The van der Waals surface area contributed by atoms with Crippen LogP contribution in [0.1, 0.15) is 26.7 Å². The molecule has 12 heteroatoms. The maximum Gasteiger partial charge on any atom is 0.254 e. The molecule has 0 fully saturated rings. The molecule has 0 aliphatic carbocycles. The van der Waals surface area contributed by atoms with Gasteiger partial charge in [-0.3, -0.25) is 0 Å². The van der Waals surface area contributed by atoms with Gasteiger partial charge in [0.05, 0.1) is 26.4 Å². The first-order valence-electron chi connectivity index (χ1n) is 13.9. The maximum atomic E-state index is 14.7. The zero-order chi connectivity index (χ0) is 32.7. The average Bonchev–Trinajstić information content (AvgIpc) is 2.99. The highest BCUT2D eigenvalue weighted by atomic mass is 19.3. The van der Waals surface area contributed by atoms with Gasteiger partial charge in [0.15, 0.2) is 23.1 Å². The van der Waals surface area contributed by atoms with Gasteiger partial charge < -0.3 is 18.9 Å². The summed E-state index contributed by atoms with van der Waals surface area (Å²) >= 11 is 0. The van der Waals surface area contributed by atoms with E-state index >= 15 is 0 Å². The SMILES string of the molecule is CCOc1ccc(-c2ccc(OCCC(F)(F)CCOc3ccc(-c4ccc(OCC)c(F)c4F)c(F)c3)cc2F)c(F)c1F. The van der Waals surface area contributed by atoms with E-state index in [0.29, 0.717) is 0 Å². The molecule has 0 aromatic heterocycles. The van der Waals surface area contributed by atoms with E-state index in [2.05, 4.69) is 0 Å². The van der Waals surface area contributed by atoms with E-state index in [1.807, 2.05) is 0 Å². The van der Waals surface area contributed by atoms with Gasteiger partial charge in [0.25, 0.3) is 5.92 Å². The lowest BCUT2D eigenvalue weighted by Gasteiger charge is -2.17. The largest absolute Gasteiger partial charge is 0.493 e. The van der Waals surface area contributed by atoms with E-state index in [0.717, 1.165) is 36.4 Å². The van der Waals surface area contributed by atoms with Gasteiger partial charge in [-0.2, -0.15) is 8.78 Å². The topological polar surface area (TPSA) is 36.9 Å².